The van der Waals surface area contributed by atoms with Crippen molar-refractivity contribution in [2.45, 2.75) is 20.4 Å². The topological polar surface area (TPSA) is 55.6 Å². The monoisotopic (exact) mass is 309 g/mol. The second kappa shape index (κ2) is 6.52. The number of benzene rings is 1. The number of carbonyl (C=O) groups excluding carboxylic acids is 1. The first-order valence-corrected chi connectivity index (χ1v) is 7.52. The number of carbonyl (C=O) groups is 1. The van der Waals surface area contributed by atoms with Crippen molar-refractivity contribution in [3.05, 3.63) is 65.6 Å². The Hall–Kier alpha value is -2.82. The van der Waals surface area contributed by atoms with E-state index in [0.29, 0.717) is 6.54 Å². The third-order valence-electron chi connectivity index (χ3n) is 3.64. The minimum absolute atomic E-state index is 0.000928. The molecule has 0 unspecified atom stereocenters. The number of hydrogen-bond donors (Lipinski definition) is 1. The molecule has 0 spiro atoms. The number of nitrogens with zero attached hydrogens (tertiary/aromatic N) is 2. The molecule has 0 saturated carbocycles. The van der Waals surface area contributed by atoms with Crippen LogP contribution in [0.25, 0.3) is 5.65 Å². The van der Waals surface area contributed by atoms with E-state index >= 15 is 0 Å². The Morgan fingerprint density at radius 1 is 1.17 bits per heavy atom. The molecule has 118 valence electrons. The first-order valence-electron chi connectivity index (χ1n) is 7.52. The van der Waals surface area contributed by atoms with E-state index in [1.807, 2.05) is 67.0 Å². The zero-order valence-electron chi connectivity index (χ0n) is 13.2. The largest absolute Gasteiger partial charge is 0.483 e. The van der Waals surface area contributed by atoms with Crippen LogP contribution >= 0.6 is 0 Å². The van der Waals surface area contributed by atoms with E-state index in [4.69, 9.17) is 4.74 Å². The van der Waals surface area contributed by atoms with Gasteiger partial charge in [0.25, 0.3) is 5.91 Å². The zero-order valence-corrected chi connectivity index (χ0v) is 13.2. The van der Waals surface area contributed by atoms with Gasteiger partial charge in [0.1, 0.15) is 11.4 Å². The highest BCUT2D eigenvalue weighted by atomic mass is 16.5. The number of nitrogens with one attached hydrogen (secondary N) is 1. The Morgan fingerprint density at radius 3 is 2.70 bits per heavy atom. The molecular weight excluding hydrogens is 290 g/mol. The van der Waals surface area contributed by atoms with E-state index in [1.54, 1.807) is 0 Å². The Morgan fingerprint density at radius 2 is 1.96 bits per heavy atom. The van der Waals surface area contributed by atoms with Crippen molar-refractivity contribution in [2.75, 3.05) is 6.61 Å². The highest BCUT2D eigenvalue weighted by Crippen LogP contribution is 2.21. The average molecular weight is 309 g/mol. The van der Waals surface area contributed by atoms with Crippen LogP contribution in [0, 0.1) is 13.8 Å². The molecule has 3 rings (SSSR count). The molecule has 0 aliphatic heterocycles. The molecular formula is C18H19N3O2. The average Bonchev–Trinajstić information content (AvgIpc) is 2.95. The molecule has 23 heavy (non-hydrogen) atoms. The number of ether oxygens (including phenoxy) is 1. The normalized spacial score (nSPS) is 10.7. The molecule has 0 aliphatic carbocycles. The maximum absolute atomic E-state index is 12.0. The van der Waals surface area contributed by atoms with Crippen molar-refractivity contribution in [3.63, 3.8) is 0 Å². The van der Waals surface area contributed by atoms with Crippen molar-refractivity contribution in [2.24, 2.45) is 0 Å². The van der Waals surface area contributed by atoms with Crippen LogP contribution in [0.2, 0.25) is 0 Å². The van der Waals surface area contributed by atoms with Crippen LogP contribution in [0.5, 0.6) is 5.75 Å². The second-order valence-electron chi connectivity index (χ2n) is 5.48. The van der Waals surface area contributed by atoms with Gasteiger partial charge in [-0.15, -0.1) is 0 Å². The predicted octanol–water partition coefficient (Wildman–Crippen LogP) is 2.65. The first-order chi connectivity index (χ1) is 11.1. The number of rotatable bonds is 5. The lowest BCUT2D eigenvalue weighted by Crippen LogP contribution is -2.28. The van der Waals surface area contributed by atoms with Gasteiger partial charge in [-0.25, -0.2) is 4.98 Å². The van der Waals surface area contributed by atoms with Gasteiger partial charge >= 0.3 is 0 Å². The highest BCUT2D eigenvalue weighted by Gasteiger charge is 2.08. The van der Waals surface area contributed by atoms with Gasteiger partial charge in [-0.1, -0.05) is 24.3 Å². The lowest BCUT2D eigenvalue weighted by atomic mass is 10.1. The maximum atomic E-state index is 12.0. The third kappa shape index (κ3) is 3.51. The standard InChI is InChI=1S/C18H19N3O2/c1-13-6-5-7-14(2)18(13)23-12-17(22)19-10-15-11-21-9-4-3-8-16(21)20-15/h3-9,11H,10,12H2,1-2H3,(H,19,22). The van der Waals surface area contributed by atoms with E-state index in [0.717, 1.165) is 28.2 Å². The first kappa shape index (κ1) is 15.1. The highest BCUT2D eigenvalue weighted by molar-refractivity contribution is 5.77. The van der Waals surface area contributed by atoms with Gasteiger partial charge < -0.3 is 14.5 Å². The minimum Gasteiger partial charge on any atom is -0.483 e. The second-order valence-corrected chi connectivity index (χ2v) is 5.48. The predicted molar refractivity (Wildman–Crippen MR) is 88.4 cm³/mol. The summed E-state index contributed by atoms with van der Waals surface area (Å²) in [6.07, 6.45) is 3.83. The number of fused-ring (bicyclic) bond motifs is 1. The van der Waals surface area contributed by atoms with Crippen molar-refractivity contribution in [3.8, 4) is 5.75 Å². The lowest BCUT2D eigenvalue weighted by Gasteiger charge is -2.11. The van der Waals surface area contributed by atoms with Gasteiger partial charge in [0.05, 0.1) is 12.2 Å². The Labute approximate surface area is 134 Å². The number of aryl methyl sites for hydroxylation is 2. The summed E-state index contributed by atoms with van der Waals surface area (Å²) in [5.74, 6) is 0.611. The number of para-hydroxylation sites is 1. The summed E-state index contributed by atoms with van der Waals surface area (Å²) >= 11 is 0. The summed E-state index contributed by atoms with van der Waals surface area (Å²) in [6, 6.07) is 11.7. The third-order valence-corrected chi connectivity index (χ3v) is 3.64. The molecule has 0 atom stereocenters. The van der Waals surface area contributed by atoms with Crippen LogP contribution in [0.15, 0.2) is 48.8 Å². The fraction of sp³-hybridized carbons (Fsp3) is 0.222. The number of hydrogen-bond acceptors (Lipinski definition) is 3. The van der Waals surface area contributed by atoms with Crippen molar-refractivity contribution >= 4 is 11.6 Å². The Kier molecular flexibility index (Phi) is 4.28. The van der Waals surface area contributed by atoms with Crippen LogP contribution in [0.4, 0.5) is 0 Å². The fourth-order valence-corrected chi connectivity index (χ4v) is 2.48. The van der Waals surface area contributed by atoms with Gasteiger partial charge in [0, 0.05) is 12.4 Å². The molecule has 1 amide bonds. The quantitative estimate of drug-likeness (QED) is 0.788. The molecule has 1 aromatic carbocycles. The van der Waals surface area contributed by atoms with E-state index in [-0.39, 0.29) is 12.5 Å². The van der Waals surface area contributed by atoms with Crippen LogP contribution in [0.3, 0.4) is 0 Å². The summed E-state index contributed by atoms with van der Waals surface area (Å²) in [7, 11) is 0. The summed E-state index contributed by atoms with van der Waals surface area (Å²) < 4.78 is 7.56. The van der Waals surface area contributed by atoms with Crippen LogP contribution in [0.1, 0.15) is 16.8 Å². The molecule has 2 aromatic heterocycles. The molecule has 0 fully saturated rings. The van der Waals surface area contributed by atoms with Crippen molar-refractivity contribution in [1.29, 1.82) is 0 Å². The van der Waals surface area contributed by atoms with E-state index in [2.05, 4.69) is 10.3 Å². The molecule has 0 saturated heterocycles. The van der Waals surface area contributed by atoms with Gasteiger partial charge in [-0.2, -0.15) is 0 Å². The smallest absolute Gasteiger partial charge is 0.258 e. The number of imidazole rings is 1. The van der Waals surface area contributed by atoms with Crippen molar-refractivity contribution < 1.29 is 9.53 Å². The van der Waals surface area contributed by atoms with Gasteiger partial charge in [0.2, 0.25) is 0 Å². The maximum Gasteiger partial charge on any atom is 0.258 e. The van der Waals surface area contributed by atoms with Crippen molar-refractivity contribution in [1.82, 2.24) is 14.7 Å². The molecule has 1 N–H and O–H groups in total. The lowest BCUT2D eigenvalue weighted by molar-refractivity contribution is -0.123. The number of aromatic nitrogens is 2. The summed E-state index contributed by atoms with van der Waals surface area (Å²) in [6.45, 7) is 4.32. The summed E-state index contributed by atoms with van der Waals surface area (Å²) in [5, 5.41) is 2.83. The zero-order chi connectivity index (χ0) is 16.2. The van der Waals surface area contributed by atoms with Crippen LogP contribution in [-0.4, -0.2) is 21.9 Å². The molecule has 5 heteroatoms. The minimum atomic E-state index is -0.162. The number of amides is 1. The molecule has 5 nitrogen and oxygen atoms in total. The molecule has 2 heterocycles. The Bertz CT molecular complexity index is 786. The van der Waals surface area contributed by atoms with E-state index in [9.17, 15) is 4.79 Å². The van der Waals surface area contributed by atoms with Gasteiger partial charge in [0.15, 0.2) is 6.61 Å². The molecule has 0 radical (unpaired) electrons. The molecule has 0 bridgehead atoms. The fourth-order valence-electron chi connectivity index (χ4n) is 2.48. The summed E-state index contributed by atoms with van der Waals surface area (Å²) in [4.78, 5) is 16.4. The van der Waals surface area contributed by atoms with Crippen LogP contribution in [-0.2, 0) is 11.3 Å². The van der Waals surface area contributed by atoms with Gasteiger partial charge in [-0.3, -0.25) is 4.79 Å². The molecule has 3 aromatic rings. The number of pyridine rings is 1. The van der Waals surface area contributed by atoms with E-state index in [1.165, 1.54) is 0 Å². The SMILES string of the molecule is Cc1cccc(C)c1OCC(=O)NCc1cn2ccccc2n1. The van der Waals surface area contributed by atoms with Crippen LogP contribution < -0.4 is 10.1 Å². The van der Waals surface area contributed by atoms with E-state index < -0.39 is 0 Å². The summed E-state index contributed by atoms with van der Waals surface area (Å²) in [5.41, 5.74) is 3.73. The molecule has 0 aliphatic rings. The Balaban J connectivity index is 1.55. The van der Waals surface area contributed by atoms with Gasteiger partial charge in [-0.05, 0) is 37.1 Å².